The molecular weight excluding hydrogens is 340 g/mol. The maximum absolute atomic E-state index is 12.2. The van der Waals surface area contributed by atoms with E-state index in [4.69, 9.17) is 11.6 Å². The van der Waals surface area contributed by atoms with Crippen molar-refractivity contribution in [3.63, 3.8) is 0 Å². The van der Waals surface area contributed by atoms with Gasteiger partial charge in [-0.15, -0.1) is 0 Å². The first kappa shape index (κ1) is 17.2. The van der Waals surface area contributed by atoms with Gasteiger partial charge in [-0.1, -0.05) is 11.6 Å². The zero-order chi connectivity index (χ0) is 18.1. The van der Waals surface area contributed by atoms with Gasteiger partial charge in [-0.2, -0.15) is 10.4 Å². The summed E-state index contributed by atoms with van der Waals surface area (Å²) >= 11 is 6.07. The van der Waals surface area contributed by atoms with E-state index in [9.17, 15) is 10.1 Å². The zero-order valence-electron chi connectivity index (χ0n) is 14.3. The summed E-state index contributed by atoms with van der Waals surface area (Å²) in [7, 11) is 3.64. The Balaban J connectivity index is 1.98. The molecule has 7 nitrogen and oxygen atoms in total. The van der Waals surface area contributed by atoms with Crippen LogP contribution in [0.25, 0.3) is 0 Å². The summed E-state index contributed by atoms with van der Waals surface area (Å²) in [6.45, 7) is 1.79. The average molecular weight is 359 g/mol. The Labute approximate surface area is 151 Å². The summed E-state index contributed by atoms with van der Waals surface area (Å²) < 4.78 is 1.76. The number of halogens is 1. The molecule has 0 bridgehead atoms. The van der Waals surface area contributed by atoms with Crippen molar-refractivity contribution in [3.8, 4) is 6.07 Å². The Hall–Kier alpha value is -2.59. The van der Waals surface area contributed by atoms with Crippen molar-refractivity contribution in [2.45, 2.75) is 31.8 Å². The molecule has 0 saturated carbocycles. The minimum absolute atomic E-state index is 0.0849. The summed E-state index contributed by atoms with van der Waals surface area (Å²) in [5.41, 5.74) is 2.05. The van der Waals surface area contributed by atoms with Gasteiger partial charge in [0.1, 0.15) is 11.9 Å². The van der Waals surface area contributed by atoms with Gasteiger partial charge in [-0.05, 0) is 25.0 Å². The second-order valence-electron chi connectivity index (χ2n) is 6.19. The summed E-state index contributed by atoms with van der Waals surface area (Å²) in [5.74, 6) is 0.578. The number of rotatable bonds is 3. The number of nitrogens with one attached hydrogen (secondary N) is 1. The van der Waals surface area contributed by atoms with Crippen molar-refractivity contribution in [2.24, 2.45) is 7.05 Å². The SMILES string of the molecule is Cc1c(Cl)cnc(N[C@@H]2CCC(=O)N(C)[C@H]2c2ccnn2C)c1C#N. The lowest BCUT2D eigenvalue weighted by Gasteiger charge is -2.39. The first-order valence-electron chi connectivity index (χ1n) is 7.99. The number of carbonyl (C=O) groups is 1. The van der Waals surface area contributed by atoms with Crippen LogP contribution in [0.15, 0.2) is 18.5 Å². The predicted molar refractivity (Wildman–Crippen MR) is 94.1 cm³/mol. The smallest absolute Gasteiger partial charge is 0.223 e. The summed E-state index contributed by atoms with van der Waals surface area (Å²) in [4.78, 5) is 18.2. The third-order valence-electron chi connectivity index (χ3n) is 4.73. The van der Waals surface area contributed by atoms with Crippen molar-refractivity contribution in [1.82, 2.24) is 19.7 Å². The highest BCUT2D eigenvalue weighted by molar-refractivity contribution is 6.31. The normalized spacial score (nSPS) is 20.4. The van der Waals surface area contributed by atoms with E-state index in [1.807, 2.05) is 13.1 Å². The maximum atomic E-state index is 12.2. The number of amides is 1. The van der Waals surface area contributed by atoms with Gasteiger partial charge in [0, 0.05) is 32.9 Å². The van der Waals surface area contributed by atoms with Crippen LogP contribution in [0.5, 0.6) is 0 Å². The molecule has 2 aromatic rings. The van der Waals surface area contributed by atoms with Gasteiger partial charge < -0.3 is 10.2 Å². The third kappa shape index (κ3) is 3.05. The lowest BCUT2D eigenvalue weighted by molar-refractivity contribution is -0.135. The molecule has 130 valence electrons. The lowest BCUT2D eigenvalue weighted by atomic mass is 9.93. The van der Waals surface area contributed by atoms with Crippen molar-refractivity contribution in [3.05, 3.63) is 40.3 Å². The topological polar surface area (TPSA) is 86.8 Å². The van der Waals surface area contributed by atoms with Crippen LogP contribution >= 0.6 is 11.6 Å². The van der Waals surface area contributed by atoms with Crippen LogP contribution in [0.2, 0.25) is 5.02 Å². The molecule has 2 aromatic heterocycles. The fourth-order valence-corrected chi connectivity index (χ4v) is 3.41. The molecule has 1 saturated heterocycles. The molecule has 0 radical (unpaired) electrons. The minimum Gasteiger partial charge on any atom is -0.364 e. The van der Waals surface area contributed by atoms with Crippen molar-refractivity contribution >= 4 is 23.3 Å². The highest BCUT2D eigenvalue weighted by atomic mass is 35.5. The molecule has 0 unspecified atom stereocenters. The average Bonchev–Trinajstić information content (AvgIpc) is 3.00. The van der Waals surface area contributed by atoms with E-state index in [1.165, 1.54) is 6.20 Å². The summed E-state index contributed by atoms with van der Waals surface area (Å²) in [5, 5.41) is 17.5. The van der Waals surface area contributed by atoms with Crippen LogP contribution in [-0.4, -0.2) is 38.7 Å². The molecule has 1 aliphatic rings. The molecule has 3 heterocycles. The van der Waals surface area contributed by atoms with Gasteiger partial charge in [0.2, 0.25) is 5.91 Å². The van der Waals surface area contributed by atoms with E-state index in [2.05, 4.69) is 21.5 Å². The fraction of sp³-hybridized carbons (Fsp3) is 0.412. The second-order valence-corrected chi connectivity index (χ2v) is 6.59. The number of aryl methyl sites for hydroxylation is 1. The highest BCUT2D eigenvalue weighted by Gasteiger charge is 2.36. The number of hydrogen-bond acceptors (Lipinski definition) is 5. The zero-order valence-corrected chi connectivity index (χ0v) is 15.1. The molecule has 1 aliphatic heterocycles. The molecule has 1 amide bonds. The molecule has 1 fully saturated rings. The molecule has 0 aromatic carbocycles. The molecular formula is C17H19ClN6O. The molecule has 0 aliphatic carbocycles. The lowest BCUT2D eigenvalue weighted by Crippen LogP contribution is -2.47. The van der Waals surface area contributed by atoms with Crippen molar-refractivity contribution in [1.29, 1.82) is 5.26 Å². The van der Waals surface area contributed by atoms with E-state index in [0.717, 1.165) is 5.69 Å². The molecule has 3 rings (SSSR count). The highest BCUT2D eigenvalue weighted by Crippen LogP contribution is 2.33. The number of anilines is 1. The second kappa shape index (κ2) is 6.73. The Morgan fingerprint density at radius 1 is 1.44 bits per heavy atom. The number of hydrogen-bond donors (Lipinski definition) is 1. The summed E-state index contributed by atoms with van der Waals surface area (Å²) in [6.07, 6.45) is 4.34. The summed E-state index contributed by atoms with van der Waals surface area (Å²) in [6, 6.07) is 3.79. The maximum Gasteiger partial charge on any atom is 0.223 e. The van der Waals surface area contributed by atoms with E-state index >= 15 is 0 Å². The quantitative estimate of drug-likeness (QED) is 0.910. The molecule has 8 heteroatoms. The van der Waals surface area contributed by atoms with Gasteiger partial charge in [-0.3, -0.25) is 9.48 Å². The minimum atomic E-state index is -0.196. The van der Waals surface area contributed by atoms with E-state index in [0.29, 0.717) is 34.8 Å². The molecule has 25 heavy (non-hydrogen) atoms. The van der Waals surface area contributed by atoms with Gasteiger partial charge >= 0.3 is 0 Å². The Morgan fingerprint density at radius 3 is 2.84 bits per heavy atom. The molecule has 2 atom stereocenters. The number of pyridine rings is 1. The van der Waals surface area contributed by atoms with Gasteiger partial charge in [0.25, 0.3) is 0 Å². The number of carbonyl (C=O) groups excluding carboxylic acids is 1. The Bertz CT molecular complexity index is 855. The van der Waals surface area contributed by atoms with Gasteiger partial charge in [0.15, 0.2) is 0 Å². The fourth-order valence-electron chi connectivity index (χ4n) is 3.27. The van der Waals surface area contributed by atoms with Crippen LogP contribution in [0.4, 0.5) is 5.82 Å². The van der Waals surface area contributed by atoms with Crippen molar-refractivity contribution in [2.75, 3.05) is 12.4 Å². The number of nitriles is 1. The number of nitrogens with zero attached hydrogens (tertiary/aromatic N) is 5. The van der Waals surface area contributed by atoms with Crippen LogP contribution in [0, 0.1) is 18.3 Å². The van der Waals surface area contributed by atoms with Crippen LogP contribution in [0.3, 0.4) is 0 Å². The van der Waals surface area contributed by atoms with E-state index in [1.54, 1.807) is 29.7 Å². The first-order chi connectivity index (χ1) is 11.9. The van der Waals surface area contributed by atoms with Crippen molar-refractivity contribution < 1.29 is 4.79 Å². The molecule has 1 N–H and O–H groups in total. The van der Waals surface area contributed by atoms with Crippen LogP contribution in [-0.2, 0) is 11.8 Å². The van der Waals surface area contributed by atoms with Gasteiger partial charge in [0.05, 0.1) is 28.4 Å². The third-order valence-corrected chi connectivity index (χ3v) is 5.11. The van der Waals surface area contributed by atoms with E-state index in [-0.39, 0.29) is 18.0 Å². The monoisotopic (exact) mass is 358 g/mol. The van der Waals surface area contributed by atoms with Crippen LogP contribution in [0.1, 0.15) is 35.7 Å². The largest absolute Gasteiger partial charge is 0.364 e. The number of aromatic nitrogens is 3. The number of likely N-dealkylation sites (tertiary alicyclic amines) is 1. The van der Waals surface area contributed by atoms with E-state index < -0.39 is 0 Å². The Morgan fingerprint density at radius 2 is 2.20 bits per heavy atom. The first-order valence-corrected chi connectivity index (χ1v) is 8.37. The Kier molecular flexibility index (Phi) is 4.64. The van der Waals surface area contributed by atoms with Gasteiger partial charge in [-0.25, -0.2) is 4.98 Å². The standard InChI is InChI=1S/C17H19ClN6O/c1-10-11(8-19)17(20-9-12(10)18)22-13-4-5-15(25)23(2)16(13)14-6-7-21-24(14)3/h6-7,9,13,16H,4-5H2,1-3H3,(H,20,22)/t13-,16-/m1/s1. The van der Waals surface area contributed by atoms with Crippen LogP contribution < -0.4 is 5.32 Å². The number of likely N-dealkylation sites (N-methyl/N-ethyl adjacent to an activating group) is 1. The molecule has 0 spiro atoms. The predicted octanol–water partition coefficient (Wildman–Crippen LogP) is 2.42. The number of piperidine rings is 1.